The van der Waals surface area contributed by atoms with Crippen molar-refractivity contribution in [2.24, 2.45) is 0 Å². The molecule has 0 radical (unpaired) electrons. The van der Waals surface area contributed by atoms with Crippen molar-refractivity contribution in [3.05, 3.63) is 0 Å². The Morgan fingerprint density at radius 1 is 0.667 bits per heavy atom. The Morgan fingerprint density at radius 2 is 1.00 bits per heavy atom. The van der Waals surface area contributed by atoms with Gasteiger partial charge in [-0.2, -0.15) is 0 Å². The molecular weight excluding hydrogens is 232 g/mol. The molecule has 0 atom stereocenters. The second-order valence-electron chi connectivity index (χ2n) is 8.20. The van der Waals surface area contributed by atoms with Gasteiger partial charge in [0.05, 0.1) is 8.07 Å². The molecule has 0 aromatic rings. The van der Waals surface area contributed by atoms with E-state index in [2.05, 4.69) is 27.3 Å². The van der Waals surface area contributed by atoms with Crippen LogP contribution in [0.25, 0.3) is 0 Å². The van der Waals surface area contributed by atoms with Crippen molar-refractivity contribution in [3.8, 4) is 0 Å². The molecule has 0 heterocycles. The summed E-state index contributed by atoms with van der Waals surface area (Å²) in [7, 11) is -1.15. The maximum atomic E-state index is 2.79. The SMILES string of the molecule is CC(C)(C)[Si](C)(C1CCCCC1)C1CCCCC1. The molecule has 0 aromatic carbocycles. The maximum Gasteiger partial charge on any atom is 0.0620 e. The van der Waals surface area contributed by atoms with Gasteiger partial charge in [-0.1, -0.05) is 91.5 Å². The Hall–Kier alpha value is 0.217. The van der Waals surface area contributed by atoms with Gasteiger partial charge in [-0.05, 0) is 16.1 Å². The van der Waals surface area contributed by atoms with E-state index in [9.17, 15) is 0 Å². The second kappa shape index (κ2) is 5.69. The fourth-order valence-electron chi connectivity index (χ4n) is 4.96. The van der Waals surface area contributed by atoms with Gasteiger partial charge in [0.2, 0.25) is 0 Å². The average Bonchev–Trinajstić information content (AvgIpc) is 2.38. The highest BCUT2D eigenvalue weighted by Crippen LogP contribution is 2.58. The first-order valence-corrected chi connectivity index (χ1v) is 11.1. The van der Waals surface area contributed by atoms with Crippen molar-refractivity contribution in [1.29, 1.82) is 0 Å². The minimum absolute atomic E-state index is 0.608. The molecule has 2 fully saturated rings. The molecule has 2 saturated carbocycles. The monoisotopic (exact) mass is 266 g/mol. The highest BCUT2D eigenvalue weighted by molar-refractivity contribution is 6.84. The van der Waals surface area contributed by atoms with E-state index in [-0.39, 0.29) is 0 Å². The van der Waals surface area contributed by atoms with Gasteiger partial charge in [0, 0.05) is 0 Å². The first-order valence-electron chi connectivity index (χ1n) is 8.46. The van der Waals surface area contributed by atoms with Crippen molar-refractivity contribution in [1.82, 2.24) is 0 Å². The van der Waals surface area contributed by atoms with E-state index in [4.69, 9.17) is 0 Å². The molecule has 0 bridgehead atoms. The van der Waals surface area contributed by atoms with Crippen molar-refractivity contribution in [2.75, 3.05) is 0 Å². The summed E-state index contributed by atoms with van der Waals surface area (Å²) in [5, 5.41) is 0.608. The van der Waals surface area contributed by atoms with Crippen LogP contribution >= 0.6 is 0 Å². The zero-order valence-electron chi connectivity index (χ0n) is 13.2. The maximum absolute atomic E-state index is 2.79. The van der Waals surface area contributed by atoms with Crippen LogP contribution in [0.2, 0.25) is 22.7 Å². The number of rotatable bonds is 2. The molecule has 0 unspecified atom stereocenters. The molecule has 0 nitrogen and oxygen atoms in total. The fraction of sp³-hybridized carbons (Fsp3) is 1.00. The Bertz CT molecular complexity index is 233. The first-order chi connectivity index (χ1) is 8.46. The Balaban J connectivity index is 2.21. The summed E-state index contributed by atoms with van der Waals surface area (Å²) in [5.74, 6) is 0. The van der Waals surface area contributed by atoms with Crippen LogP contribution in [0.4, 0.5) is 0 Å². The molecule has 0 amide bonds. The van der Waals surface area contributed by atoms with E-state index >= 15 is 0 Å². The summed E-state index contributed by atoms with van der Waals surface area (Å²) in [5.41, 5.74) is 2.27. The van der Waals surface area contributed by atoms with Crippen LogP contribution in [0.5, 0.6) is 0 Å². The van der Waals surface area contributed by atoms with E-state index in [1.54, 1.807) is 25.7 Å². The number of hydrogen-bond donors (Lipinski definition) is 0. The van der Waals surface area contributed by atoms with Gasteiger partial charge in [-0.25, -0.2) is 0 Å². The van der Waals surface area contributed by atoms with Crippen molar-refractivity contribution < 1.29 is 0 Å². The fourth-order valence-corrected chi connectivity index (χ4v) is 11.3. The summed E-state index contributed by atoms with van der Waals surface area (Å²) in [6, 6.07) is 0. The minimum Gasteiger partial charge on any atom is -0.0684 e. The van der Waals surface area contributed by atoms with E-state index in [1.165, 1.54) is 38.5 Å². The van der Waals surface area contributed by atoms with Crippen LogP contribution in [0, 0.1) is 0 Å². The molecule has 0 N–H and O–H groups in total. The molecule has 0 aromatic heterocycles. The largest absolute Gasteiger partial charge is 0.0684 e. The highest BCUT2D eigenvalue weighted by atomic mass is 28.3. The molecule has 2 aliphatic rings. The van der Waals surface area contributed by atoms with Gasteiger partial charge in [0.1, 0.15) is 0 Å². The Morgan fingerprint density at radius 3 is 1.28 bits per heavy atom. The van der Waals surface area contributed by atoms with Crippen molar-refractivity contribution in [3.63, 3.8) is 0 Å². The molecular formula is C17H34Si. The molecule has 106 valence electrons. The van der Waals surface area contributed by atoms with Gasteiger partial charge in [-0.15, -0.1) is 0 Å². The van der Waals surface area contributed by atoms with E-state index < -0.39 is 8.07 Å². The number of hydrogen-bond acceptors (Lipinski definition) is 0. The van der Waals surface area contributed by atoms with E-state index in [0.29, 0.717) is 5.04 Å². The molecule has 2 rings (SSSR count). The van der Waals surface area contributed by atoms with Crippen LogP contribution in [-0.4, -0.2) is 8.07 Å². The van der Waals surface area contributed by atoms with Gasteiger partial charge in [0.25, 0.3) is 0 Å². The van der Waals surface area contributed by atoms with E-state index in [1.807, 2.05) is 0 Å². The Kier molecular flexibility index (Phi) is 4.62. The minimum atomic E-state index is -1.15. The smallest absolute Gasteiger partial charge is 0.0620 e. The van der Waals surface area contributed by atoms with Gasteiger partial charge in [-0.3, -0.25) is 0 Å². The first kappa shape index (κ1) is 14.6. The standard InChI is InChI=1S/C17H34Si/c1-17(2,3)18(4,15-11-7-5-8-12-15)16-13-9-6-10-14-16/h15-16H,5-14H2,1-4H3. The quantitative estimate of drug-likeness (QED) is 0.498. The summed E-state index contributed by atoms with van der Waals surface area (Å²) in [6.07, 6.45) is 15.4. The van der Waals surface area contributed by atoms with Crippen LogP contribution in [0.1, 0.15) is 85.0 Å². The van der Waals surface area contributed by atoms with Crippen LogP contribution in [0.15, 0.2) is 0 Å². The predicted octanol–water partition coefficient (Wildman–Crippen LogP) is 6.53. The lowest BCUT2D eigenvalue weighted by molar-refractivity contribution is 0.433. The summed E-state index contributed by atoms with van der Waals surface area (Å²) < 4.78 is 0. The third-order valence-corrected chi connectivity index (χ3v) is 14.3. The predicted molar refractivity (Wildman–Crippen MR) is 85.0 cm³/mol. The normalized spacial score (nSPS) is 25.3. The van der Waals surface area contributed by atoms with Crippen LogP contribution < -0.4 is 0 Å². The van der Waals surface area contributed by atoms with Crippen LogP contribution in [-0.2, 0) is 0 Å². The zero-order chi connectivity index (χ0) is 13.2. The van der Waals surface area contributed by atoms with Gasteiger partial charge in [0.15, 0.2) is 0 Å². The van der Waals surface area contributed by atoms with E-state index in [0.717, 1.165) is 11.1 Å². The molecule has 2 aliphatic carbocycles. The third-order valence-electron chi connectivity index (χ3n) is 6.52. The Labute approximate surface area is 116 Å². The topological polar surface area (TPSA) is 0 Å². The zero-order valence-corrected chi connectivity index (χ0v) is 14.2. The molecule has 0 aliphatic heterocycles. The third kappa shape index (κ3) is 2.71. The summed E-state index contributed by atoms with van der Waals surface area (Å²) in [4.78, 5) is 0. The van der Waals surface area contributed by atoms with Crippen molar-refractivity contribution >= 4 is 8.07 Å². The summed E-state index contributed by atoms with van der Waals surface area (Å²) in [6.45, 7) is 10.5. The van der Waals surface area contributed by atoms with Gasteiger partial charge < -0.3 is 0 Å². The van der Waals surface area contributed by atoms with Gasteiger partial charge >= 0.3 is 0 Å². The van der Waals surface area contributed by atoms with Crippen molar-refractivity contribution in [2.45, 2.75) is 108 Å². The van der Waals surface area contributed by atoms with Crippen LogP contribution in [0.3, 0.4) is 0 Å². The molecule has 0 saturated heterocycles. The lowest BCUT2D eigenvalue weighted by Crippen LogP contribution is -2.50. The second-order valence-corrected chi connectivity index (χ2v) is 13.9. The molecule has 0 spiro atoms. The highest BCUT2D eigenvalue weighted by Gasteiger charge is 2.50. The molecule has 1 heteroatoms. The lowest BCUT2D eigenvalue weighted by Gasteiger charge is -2.53. The molecule has 18 heavy (non-hydrogen) atoms. The lowest BCUT2D eigenvalue weighted by atomic mass is 9.99. The average molecular weight is 267 g/mol. The summed E-state index contributed by atoms with van der Waals surface area (Å²) >= 11 is 0.